The molecule has 0 amide bonds. The molecule has 1 saturated heterocycles. The van der Waals surface area contributed by atoms with Crippen LogP contribution in [0.2, 0.25) is 0 Å². The first-order valence-corrected chi connectivity index (χ1v) is 7.23. The average Bonchev–Trinajstić information content (AvgIpc) is 2.41. The number of carbonyl (C=O) groups is 1. The van der Waals surface area contributed by atoms with Gasteiger partial charge < -0.3 is 14.6 Å². The second-order valence-corrected chi connectivity index (χ2v) is 5.68. The highest BCUT2D eigenvalue weighted by Crippen LogP contribution is 2.20. The van der Waals surface area contributed by atoms with Gasteiger partial charge in [0.25, 0.3) is 0 Å². The SMILES string of the molecule is COCC1COCCN1Cc1cc(Br)ccc1C(=O)O. The second kappa shape index (κ2) is 7.17. The smallest absolute Gasteiger partial charge is 0.336 e. The monoisotopic (exact) mass is 343 g/mol. The molecule has 20 heavy (non-hydrogen) atoms. The summed E-state index contributed by atoms with van der Waals surface area (Å²) in [6.07, 6.45) is 0. The van der Waals surface area contributed by atoms with Gasteiger partial charge in [-0.25, -0.2) is 4.79 Å². The van der Waals surface area contributed by atoms with E-state index in [9.17, 15) is 9.90 Å². The van der Waals surface area contributed by atoms with Gasteiger partial charge in [-0.3, -0.25) is 4.90 Å². The van der Waals surface area contributed by atoms with Crippen molar-refractivity contribution in [2.75, 3.05) is 33.5 Å². The van der Waals surface area contributed by atoms with Crippen molar-refractivity contribution in [1.29, 1.82) is 0 Å². The predicted octanol–water partition coefficient (Wildman–Crippen LogP) is 1.99. The number of rotatable bonds is 5. The third-order valence-electron chi connectivity index (χ3n) is 3.38. The highest BCUT2D eigenvalue weighted by atomic mass is 79.9. The quantitative estimate of drug-likeness (QED) is 0.885. The fourth-order valence-corrected chi connectivity index (χ4v) is 2.77. The van der Waals surface area contributed by atoms with E-state index in [1.165, 1.54) is 0 Å². The Morgan fingerprint density at radius 2 is 2.40 bits per heavy atom. The molecule has 0 spiro atoms. The van der Waals surface area contributed by atoms with E-state index in [1.54, 1.807) is 19.2 Å². The summed E-state index contributed by atoms with van der Waals surface area (Å²) in [6.45, 7) is 3.22. The first kappa shape index (κ1) is 15.4. The van der Waals surface area contributed by atoms with Crippen LogP contribution in [0.4, 0.5) is 0 Å². The number of carboxylic acid groups (broad SMARTS) is 1. The standard InChI is InChI=1S/C14H18BrNO4/c1-19-8-12-9-20-5-4-16(12)7-10-6-11(15)2-3-13(10)14(17)18/h2-3,6,12H,4-5,7-9H2,1H3,(H,17,18). The van der Waals surface area contributed by atoms with Crippen LogP contribution in [0.25, 0.3) is 0 Å². The molecule has 0 aromatic heterocycles. The Bertz CT molecular complexity index is 478. The van der Waals surface area contributed by atoms with E-state index in [0.717, 1.165) is 16.6 Å². The minimum atomic E-state index is -0.899. The molecular formula is C14H18BrNO4. The number of methoxy groups -OCH3 is 1. The van der Waals surface area contributed by atoms with Crippen molar-refractivity contribution in [1.82, 2.24) is 4.90 Å². The van der Waals surface area contributed by atoms with Crippen LogP contribution in [-0.4, -0.2) is 55.5 Å². The number of nitrogens with zero attached hydrogens (tertiary/aromatic N) is 1. The molecule has 110 valence electrons. The Balaban J connectivity index is 2.18. The lowest BCUT2D eigenvalue weighted by Gasteiger charge is -2.35. The summed E-state index contributed by atoms with van der Waals surface area (Å²) in [5.41, 5.74) is 1.14. The van der Waals surface area contributed by atoms with Crippen LogP contribution in [0.15, 0.2) is 22.7 Å². The van der Waals surface area contributed by atoms with Crippen LogP contribution in [-0.2, 0) is 16.0 Å². The summed E-state index contributed by atoms with van der Waals surface area (Å²) in [4.78, 5) is 13.5. The van der Waals surface area contributed by atoms with Gasteiger partial charge in [-0.2, -0.15) is 0 Å². The van der Waals surface area contributed by atoms with Crippen LogP contribution >= 0.6 is 15.9 Å². The molecule has 1 N–H and O–H groups in total. The number of morpholine rings is 1. The van der Waals surface area contributed by atoms with Gasteiger partial charge in [-0.05, 0) is 23.8 Å². The average molecular weight is 344 g/mol. The number of carboxylic acids is 1. The summed E-state index contributed by atoms with van der Waals surface area (Å²) in [6, 6.07) is 5.41. The number of benzene rings is 1. The normalized spacial score (nSPS) is 20.0. The number of halogens is 1. The lowest BCUT2D eigenvalue weighted by Crippen LogP contribution is -2.47. The summed E-state index contributed by atoms with van der Waals surface area (Å²) in [7, 11) is 1.66. The highest BCUT2D eigenvalue weighted by Gasteiger charge is 2.24. The maximum absolute atomic E-state index is 11.3. The first-order valence-electron chi connectivity index (χ1n) is 6.44. The molecule has 1 aromatic carbocycles. The van der Waals surface area contributed by atoms with Gasteiger partial charge in [0.2, 0.25) is 0 Å². The van der Waals surface area contributed by atoms with Crippen molar-refractivity contribution < 1.29 is 19.4 Å². The Morgan fingerprint density at radius 3 is 3.10 bits per heavy atom. The molecule has 1 aliphatic heterocycles. The zero-order chi connectivity index (χ0) is 14.5. The van der Waals surface area contributed by atoms with Gasteiger partial charge in [-0.1, -0.05) is 15.9 Å². The number of ether oxygens (including phenoxy) is 2. The van der Waals surface area contributed by atoms with Gasteiger partial charge in [-0.15, -0.1) is 0 Å². The predicted molar refractivity (Wildman–Crippen MR) is 78.0 cm³/mol. The van der Waals surface area contributed by atoms with E-state index in [1.807, 2.05) is 6.07 Å². The third-order valence-corrected chi connectivity index (χ3v) is 3.87. The van der Waals surface area contributed by atoms with Crippen molar-refractivity contribution in [2.24, 2.45) is 0 Å². The minimum Gasteiger partial charge on any atom is -0.478 e. The topological polar surface area (TPSA) is 59.0 Å². The molecular weight excluding hydrogens is 326 g/mol. The molecule has 1 fully saturated rings. The third kappa shape index (κ3) is 3.79. The molecule has 5 nitrogen and oxygen atoms in total. The Morgan fingerprint density at radius 1 is 1.60 bits per heavy atom. The molecule has 1 unspecified atom stereocenters. The molecule has 0 radical (unpaired) electrons. The molecule has 1 heterocycles. The van der Waals surface area contributed by atoms with E-state index in [4.69, 9.17) is 9.47 Å². The molecule has 1 atom stereocenters. The van der Waals surface area contributed by atoms with Crippen LogP contribution in [0.3, 0.4) is 0 Å². The maximum atomic E-state index is 11.3. The molecule has 6 heteroatoms. The largest absolute Gasteiger partial charge is 0.478 e. The molecule has 2 rings (SSSR count). The van der Waals surface area contributed by atoms with Crippen LogP contribution in [0.1, 0.15) is 15.9 Å². The maximum Gasteiger partial charge on any atom is 0.336 e. The van der Waals surface area contributed by atoms with Gasteiger partial charge in [0, 0.05) is 24.7 Å². The fourth-order valence-electron chi connectivity index (χ4n) is 2.36. The fraction of sp³-hybridized carbons (Fsp3) is 0.500. The molecule has 0 aliphatic carbocycles. The lowest BCUT2D eigenvalue weighted by molar-refractivity contribution is -0.0388. The van der Waals surface area contributed by atoms with Gasteiger partial charge in [0.15, 0.2) is 0 Å². The zero-order valence-electron chi connectivity index (χ0n) is 11.3. The second-order valence-electron chi connectivity index (χ2n) is 4.76. The highest BCUT2D eigenvalue weighted by molar-refractivity contribution is 9.10. The Labute approximate surface area is 126 Å². The van der Waals surface area contributed by atoms with Gasteiger partial charge in [0.05, 0.1) is 31.4 Å². The van der Waals surface area contributed by atoms with E-state index in [-0.39, 0.29) is 6.04 Å². The molecule has 1 aromatic rings. The first-order chi connectivity index (χ1) is 9.61. The number of aromatic carboxylic acids is 1. The van der Waals surface area contributed by atoms with E-state index < -0.39 is 5.97 Å². The van der Waals surface area contributed by atoms with Crippen LogP contribution in [0, 0.1) is 0 Å². The van der Waals surface area contributed by atoms with E-state index in [0.29, 0.717) is 31.9 Å². The van der Waals surface area contributed by atoms with Crippen molar-refractivity contribution in [3.05, 3.63) is 33.8 Å². The van der Waals surface area contributed by atoms with Crippen LogP contribution in [0.5, 0.6) is 0 Å². The molecule has 0 bridgehead atoms. The lowest BCUT2D eigenvalue weighted by atomic mass is 10.1. The summed E-state index contributed by atoms with van der Waals surface area (Å²) >= 11 is 3.40. The molecule has 1 aliphatic rings. The van der Waals surface area contributed by atoms with Gasteiger partial charge >= 0.3 is 5.97 Å². The van der Waals surface area contributed by atoms with Crippen molar-refractivity contribution in [3.8, 4) is 0 Å². The van der Waals surface area contributed by atoms with Crippen molar-refractivity contribution in [2.45, 2.75) is 12.6 Å². The zero-order valence-corrected chi connectivity index (χ0v) is 12.9. The van der Waals surface area contributed by atoms with Crippen LogP contribution < -0.4 is 0 Å². The number of hydrogen-bond acceptors (Lipinski definition) is 4. The van der Waals surface area contributed by atoms with Crippen molar-refractivity contribution in [3.63, 3.8) is 0 Å². The number of hydrogen-bond donors (Lipinski definition) is 1. The van der Waals surface area contributed by atoms with Crippen molar-refractivity contribution >= 4 is 21.9 Å². The van der Waals surface area contributed by atoms with E-state index in [2.05, 4.69) is 20.8 Å². The minimum absolute atomic E-state index is 0.161. The summed E-state index contributed by atoms with van der Waals surface area (Å²) < 4.78 is 11.5. The molecule has 0 saturated carbocycles. The van der Waals surface area contributed by atoms with Gasteiger partial charge in [0.1, 0.15) is 0 Å². The summed E-state index contributed by atoms with van der Waals surface area (Å²) in [5.74, 6) is -0.899. The Hall–Kier alpha value is -0.950. The Kier molecular flexibility index (Phi) is 5.54. The summed E-state index contributed by atoms with van der Waals surface area (Å²) in [5, 5.41) is 9.27. The van der Waals surface area contributed by atoms with E-state index >= 15 is 0 Å².